The van der Waals surface area contributed by atoms with E-state index in [1.54, 1.807) is 11.2 Å². The normalized spacial score (nSPS) is 17.2. The number of amides is 2. The second-order valence-corrected chi connectivity index (χ2v) is 8.11. The van der Waals surface area contributed by atoms with Gasteiger partial charge in [-0.25, -0.2) is 0 Å². The van der Waals surface area contributed by atoms with Crippen LogP contribution in [-0.4, -0.2) is 51.9 Å². The molecule has 28 heavy (non-hydrogen) atoms. The maximum Gasteiger partial charge on any atom is 0.475 e. The molecule has 3 rings (SSSR count). The highest BCUT2D eigenvalue weighted by molar-refractivity contribution is 6.43. The predicted molar refractivity (Wildman–Crippen MR) is 106 cm³/mol. The van der Waals surface area contributed by atoms with E-state index in [0.29, 0.717) is 13.0 Å². The molecule has 2 aromatic rings. The Balaban J connectivity index is 1.63. The van der Waals surface area contributed by atoms with Gasteiger partial charge in [0, 0.05) is 30.3 Å². The molecule has 1 unspecified atom stereocenters. The Hall–Kier alpha value is -2.32. The summed E-state index contributed by atoms with van der Waals surface area (Å²) in [5.41, 5.74) is 2.30. The third kappa shape index (κ3) is 4.23. The van der Waals surface area contributed by atoms with E-state index in [-0.39, 0.29) is 30.2 Å². The Morgan fingerprint density at radius 2 is 2.14 bits per heavy atom. The highest BCUT2D eigenvalue weighted by Crippen LogP contribution is 2.29. The zero-order valence-electron chi connectivity index (χ0n) is 16.6. The fraction of sp³-hybridized carbons (Fsp3) is 0.500. The highest BCUT2D eigenvalue weighted by atomic mass is 16.4. The summed E-state index contributed by atoms with van der Waals surface area (Å²) < 4.78 is 5.60. The second-order valence-electron chi connectivity index (χ2n) is 8.11. The first-order chi connectivity index (χ1) is 13.2. The van der Waals surface area contributed by atoms with Crippen molar-refractivity contribution in [1.82, 2.24) is 10.2 Å². The molecular formula is C20H27BN2O5. The lowest BCUT2D eigenvalue weighted by atomic mass is 9.75. The van der Waals surface area contributed by atoms with Crippen LogP contribution < -0.4 is 5.32 Å². The lowest BCUT2D eigenvalue weighted by Gasteiger charge is -2.31. The van der Waals surface area contributed by atoms with E-state index in [4.69, 9.17) is 4.42 Å². The Labute approximate surface area is 164 Å². The van der Waals surface area contributed by atoms with Gasteiger partial charge >= 0.3 is 7.12 Å². The average molecular weight is 386 g/mol. The van der Waals surface area contributed by atoms with Crippen molar-refractivity contribution in [2.24, 2.45) is 0 Å². The summed E-state index contributed by atoms with van der Waals surface area (Å²) in [5.74, 6) is -1.13. The van der Waals surface area contributed by atoms with Gasteiger partial charge in [0.15, 0.2) is 0 Å². The van der Waals surface area contributed by atoms with Crippen molar-refractivity contribution in [1.29, 1.82) is 0 Å². The number of furan rings is 1. The van der Waals surface area contributed by atoms with Gasteiger partial charge in [-0.1, -0.05) is 18.2 Å². The molecule has 0 saturated carbocycles. The van der Waals surface area contributed by atoms with Gasteiger partial charge in [0.05, 0.1) is 12.2 Å². The fourth-order valence-corrected chi connectivity index (χ4v) is 3.82. The van der Waals surface area contributed by atoms with E-state index in [9.17, 15) is 19.6 Å². The summed E-state index contributed by atoms with van der Waals surface area (Å²) in [4.78, 5) is 26.1. The number of nitrogens with one attached hydrogen (secondary N) is 1. The summed E-state index contributed by atoms with van der Waals surface area (Å²) in [7, 11) is -1.71. The van der Waals surface area contributed by atoms with Crippen molar-refractivity contribution in [2.75, 3.05) is 6.54 Å². The standard InChI is InChI=1S/C20H27BN2O5/c1-13-5-4-6-15-14(12-28-19(13)15)11-16(21(26)27)22-17(24)8-10-23-18(25)7-9-20(23,2)3/h4-6,12,16,26-27H,7-11H2,1-3H3,(H,22,24). The number of carbonyl (C=O) groups excluding carboxylic acids is 2. The predicted octanol–water partition coefficient (Wildman–Crippen LogP) is 1.57. The summed E-state index contributed by atoms with van der Waals surface area (Å²) >= 11 is 0. The highest BCUT2D eigenvalue weighted by Gasteiger charge is 2.37. The monoisotopic (exact) mass is 386 g/mol. The molecule has 7 nitrogen and oxygen atoms in total. The first kappa shape index (κ1) is 20.4. The lowest BCUT2D eigenvalue weighted by Crippen LogP contribution is -2.49. The van der Waals surface area contributed by atoms with Crippen LogP contribution >= 0.6 is 0 Å². The Kier molecular flexibility index (Phi) is 5.81. The number of likely N-dealkylation sites (tertiary alicyclic amines) is 1. The van der Waals surface area contributed by atoms with Gasteiger partial charge in [-0.3, -0.25) is 9.59 Å². The van der Waals surface area contributed by atoms with E-state index in [1.165, 1.54) is 0 Å². The maximum absolute atomic E-state index is 12.4. The first-order valence-corrected chi connectivity index (χ1v) is 9.61. The van der Waals surface area contributed by atoms with E-state index in [1.807, 2.05) is 39.0 Å². The molecule has 3 N–H and O–H groups in total. The van der Waals surface area contributed by atoms with Gasteiger partial charge in [0.2, 0.25) is 11.8 Å². The summed E-state index contributed by atoms with van der Waals surface area (Å²) in [5, 5.41) is 23.0. The van der Waals surface area contributed by atoms with Gasteiger partial charge in [0.1, 0.15) is 5.58 Å². The van der Waals surface area contributed by atoms with Crippen molar-refractivity contribution in [3.8, 4) is 0 Å². The van der Waals surface area contributed by atoms with E-state index < -0.39 is 13.1 Å². The van der Waals surface area contributed by atoms with Crippen molar-refractivity contribution in [3.05, 3.63) is 35.6 Å². The second kappa shape index (κ2) is 7.97. The zero-order valence-corrected chi connectivity index (χ0v) is 16.6. The molecule has 1 aliphatic heterocycles. The van der Waals surface area contributed by atoms with Gasteiger partial charge in [-0.2, -0.15) is 0 Å². The number of rotatable bonds is 7. The lowest BCUT2D eigenvalue weighted by molar-refractivity contribution is -0.131. The SMILES string of the molecule is Cc1cccc2c(CC(NC(=O)CCN3C(=O)CCC3(C)C)B(O)O)coc12. The molecule has 0 aliphatic carbocycles. The Morgan fingerprint density at radius 3 is 2.79 bits per heavy atom. The minimum absolute atomic E-state index is 0.0526. The smallest absolute Gasteiger partial charge is 0.464 e. The molecule has 1 aromatic carbocycles. The number of hydrogen-bond acceptors (Lipinski definition) is 5. The van der Waals surface area contributed by atoms with Crippen LogP contribution in [0.25, 0.3) is 11.0 Å². The molecule has 8 heteroatoms. The van der Waals surface area contributed by atoms with Gasteiger partial charge in [0.25, 0.3) is 0 Å². The number of hydrogen-bond donors (Lipinski definition) is 3. The van der Waals surface area contributed by atoms with Crippen molar-refractivity contribution < 1.29 is 24.1 Å². The molecule has 1 aromatic heterocycles. The van der Waals surface area contributed by atoms with Crippen molar-refractivity contribution in [2.45, 2.75) is 57.9 Å². The molecule has 0 spiro atoms. The molecule has 1 aliphatic rings. The number of benzene rings is 1. The van der Waals surface area contributed by atoms with Crippen LogP contribution in [0.5, 0.6) is 0 Å². The van der Waals surface area contributed by atoms with Crippen LogP contribution in [0, 0.1) is 6.92 Å². The van der Waals surface area contributed by atoms with E-state index in [0.717, 1.165) is 28.5 Å². The van der Waals surface area contributed by atoms with Crippen LogP contribution in [0.2, 0.25) is 0 Å². The molecule has 2 heterocycles. The van der Waals surface area contributed by atoms with Crippen LogP contribution in [0.4, 0.5) is 0 Å². The summed E-state index contributed by atoms with van der Waals surface area (Å²) in [6.45, 7) is 6.24. The molecule has 2 amide bonds. The first-order valence-electron chi connectivity index (χ1n) is 9.61. The van der Waals surface area contributed by atoms with E-state index >= 15 is 0 Å². The molecular weight excluding hydrogens is 359 g/mol. The fourth-order valence-electron chi connectivity index (χ4n) is 3.82. The van der Waals surface area contributed by atoms with E-state index in [2.05, 4.69) is 5.32 Å². The molecule has 1 saturated heterocycles. The molecule has 0 radical (unpaired) electrons. The van der Waals surface area contributed by atoms with Crippen molar-refractivity contribution >= 4 is 29.9 Å². The minimum atomic E-state index is -1.71. The number of para-hydroxylation sites is 1. The van der Waals surface area contributed by atoms with Crippen molar-refractivity contribution in [3.63, 3.8) is 0 Å². The van der Waals surface area contributed by atoms with Crippen LogP contribution in [0.1, 0.15) is 44.2 Å². The zero-order chi connectivity index (χ0) is 20.5. The van der Waals surface area contributed by atoms with Crippen LogP contribution in [0.15, 0.2) is 28.9 Å². The van der Waals surface area contributed by atoms with Crippen LogP contribution in [-0.2, 0) is 16.0 Å². The van der Waals surface area contributed by atoms with Gasteiger partial charge in [-0.05, 0) is 44.7 Å². The number of aryl methyl sites for hydroxylation is 1. The maximum atomic E-state index is 12.4. The molecule has 1 fully saturated rings. The quantitative estimate of drug-likeness (QED) is 0.627. The molecule has 1 atom stereocenters. The number of fused-ring (bicyclic) bond motifs is 1. The third-order valence-electron chi connectivity index (χ3n) is 5.57. The minimum Gasteiger partial charge on any atom is -0.464 e. The summed E-state index contributed by atoms with van der Waals surface area (Å²) in [6, 6.07) is 5.76. The largest absolute Gasteiger partial charge is 0.475 e. The van der Waals surface area contributed by atoms with Crippen LogP contribution in [0.3, 0.4) is 0 Å². The third-order valence-corrected chi connectivity index (χ3v) is 5.57. The number of carbonyl (C=O) groups is 2. The molecule has 150 valence electrons. The summed E-state index contributed by atoms with van der Waals surface area (Å²) in [6.07, 6.45) is 3.21. The number of nitrogens with zero attached hydrogens (tertiary/aromatic N) is 1. The molecule has 0 bridgehead atoms. The average Bonchev–Trinajstić information content (AvgIpc) is 3.14. The van der Waals surface area contributed by atoms with Gasteiger partial charge < -0.3 is 24.7 Å². The topological polar surface area (TPSA) is 103 Å². The Bertz CT molecular complexity index is 877. The van der Waals surface area contributed by atoms with Gasteiger partial charge in [-0.15, -0.1) is 0 Å². The Morgan fingerprint density at radius 1 is 1.39 bits per heavy atom.